The minimum Gasteiger partial charge on any atom is -0.479 e. The molecule has 1 heterocycles. The van der Waals surface area contributed by atoms with Gasteiger partial charge in [0.25, 0.3) is 0 Å². The predicted molar refractivity (Wildman–Crippen MR) is 89.4 cm³/mol. The van der Waals surface area contributed by atoms with E-state index >= 15 is 0 Å². The summed E-state index contributed by atoms with van der Waals surface area (Å²) in [4.78, 5) is 26.0. The Kier molecular flexibility index (Phi) is 6.57. The van der Waals surface area contributed by atoms with Gasteiger partial charge in [0.1, 0.15) is 5.82 Å². The van der Waals surface area contributed by atoms with Gasteiger partial charge in [0.15, 0.2) is 6.04 Å². The summed E-state index contributed by atoms with van der Waals surface area (Å²) in [5.41, 5.74) is 0.253. The van der Waals surface area contributed by atoms with Crippen LogP contribution < -0.4 is 5.32 Å². The minimum absolute atomic E-state index is 0.167. The molecule has 0 bridgehead atoms. The van der Waals surface area contributed by atoms with Crippen LogP contribution in [0.15, 0.2) is 18.2 Å². The molecule has 1 saturated heterocycles. The molecule has 1 aliphatic heterocycles. The van der Waals surface area contributed by atoms with Crippen molar-refractivity contribution in [3.63, 3.8) is 0 Å². The summed E-state index contributed by atoms with van der Waals surface area (Å²) in [5, 5.41) is 11.7. The molecule has 1 atom stereocenters. The van der Waals surface area contributed by atoms with Crippen LogP contribution in [-0.2, 0) is 9.59 Å². The van der Waals surface area contributed by atoms with Crippen LogP contribution in [0.4, 0.5) is 4.39 Å². The summed E-state index contributed by atoms with van der Waals surface area (Å²) in [7, 11) is 0. The highest BCUT2D eigenvalue weighted by atomic mass is 35.5. The Morgan fingerprint density at radius 1 is 1.42 bits per heavy atom. The number of nitrogens with zero attached hydrogens (tertiary/aromatic N) is 1. The summed E-state index contributed by atoms with van der Waals surface area (Å²) in [6.45, 7) is 5.04. The molecule has 2 rings (SSSR count). The van der Waals surface area contributed by atoms with Crippen LogP contribution in [0.2, 0.25) is 5.02 Å². The maximum absolute atomic E-state index is 13.2. The second-order valence-electron chi connectivity index (χ2n) is 6.09. The average Bonchev–Trinajstić information content (AvgIpc) is 2.56. The van der Waals surface area contributed by atoms with Gasteiger partial charge in [-0.15, -0.1) is 0 Å². The average molecular weight is 357 g/mol. The van der Waals surface area contributed by atoms with Crippen LogP contribution in [0.3, 0.4) is 0 Å². The van der Waals surface area contributed by atoms with Crippen molar-refractivity contribution in [1.82, 2.24) is 10.2 Å². The van der Waals surface area contributed by atoms with Crippen molar-refractivity contribution in [1.29, 1.82) is 0 Å². The van der Waals surface area contributed by atoms with Gasteiger partial charge >= 0.3 is 5.97 Å². The lowest BCUT2D eigenvalue weighted by Gasteiger charge is -2.30. The monoisotopic (exact) mass is 356 g/mol. The molecule has 5 nitrogen and oxygen atoms in total. The van der Waals surface area contributed by atoms with E-state index < -0.39 is 17.8 Å². The van der Waals surface area contributed by atoms with Gasteiger partial charge in [-0.2, -0.15) is 0 Å². The van der Waals surface area contributed by atoms with Crippen molar-refractivity contribution in [3.8, 4) is 0 Å². The molecule has 1 amide bonds. The zero-order valence-corrected chi connectivity index (χ0v) is 14.4. The third-order valence-electron chi connectivity index (χ3n) is 4.46. The van der Waals surface area contributed by atoms with Crippen LogP contribution in [0.25, 0.3) is 0 Å². The standard InChI is InChI=1S/C17H22ClFN2O3/c1-2-21-7-5-11(6-8-21)9-15(22)20-16(17(23)24)12-3-4-14(19)13(18)10-12/h3-4,10-11,16H,2,5-9H2,1H3,(H,20,22)(H,23,24). The number of nitrogens with one attached hydrogen (secondary N) is 1. The summed E-state index contributed by atoms with van der Waals surface area (Å²) >= 11 is 5.70. The molecule has 0 spiro atoms. The molecule has 7 heteroatoms. The van der Waals surface area contributed by atoms with Gasteiger partial charge in [-0.1, -0.05) is 24.6 Å². The topological polar surface area (TPSA) is 69.6 Å². The van der Waals surface area contributed by atoms with Gasteiger partial charge in [0.2, 0.25) is 5.91 Å². The predicted octanol–water partition coefficient (Wildman–Crippen LogP) is 2.84. The molecular weight excluding hydrogens is 335 g/mol. The number of likely N-dealkylation sites (tertiary alicyclic amines) is 1. The minimum atomic E-state index is -1.23. The number of halogens is 2. The first kappa shape index (κ1) is 18.7. The van der Waals surface area contributed by atoms with Gasteiger partial charge in [-0.3, -0.25) is 4.79 Å². The van der Waals surface area contributed by atoms with E-state index in [1.54, 1.807) is 0 Å². The van der Waals surface area contributed by atoms with Crippen LogP contribution >= 0.6 is 11.6 Å². The zero-order valence-electron chi connectivity index (χ0n) is 13.6. The second kappa shape index (κ2) is 8.44. The fourth-order valence-electron chi connectivity index (χ4n) is 2.97. The molecule has 0 saturated carbocycles. The first-order chi connectivity index (χ1) is 11.4. The molecule has 0 aromatic heterocycles. The zero-order chi connectivity index (χ0) is 17.7. The number of aliphatic carboxylic acids is 1. The Hall–Kier alpha value is -1.66. The van der Waals surface area contributed by atoms with E-state index in [0.717, 1.165) is 38.5 Å². The van der Waals surface area contributed by atoms with E-state index in [4.69, 9.17) is 11.6 Å². The normalized spacial score (nSPS) is 17.5. The van der Waals surface area contributed by atoms with Crippen molar-refractivity contribution in [2.75, 3.05) is 19.6 Å². The van der Waals surface area contributed by atoms with Crippen molar-refractivity contribution in [3.05, 3.63) is 34.6 Å². The van der Waals surface area contributed by atoms with E-state index in [0.29, 0.717) is 6.42 Å². The molecular formula is C17H22ClFN2O3. The number of carboxylic acids is 1. The van der Waals surface area contributed by atoms with Crippen LogP contribution in [0.5, 0.6) is 0 Å². The molecule has 1 aromatic carbocycles. The Morgan fingerprint density at radius 2 is 2.08 bits per heavy atom. The lowest BCUT2D eigenvalue weighted by molar-refractivity contribution is -0.142. The number of hydrogen-bond acceptors (Lipinski definition) is 3. The second-order valence-corrected chi connectivity index (χ2v) is 6.50. The van der Waals surface area contributed by atoms with Gasteiger partial charge in [-0.25, -0.2) is 9.18 Å². The first-order valence-corrected chi connectivity index (χ1v) is 8.48. The Balaban J connectivity index is 1.96. The van der Waals surface area contributed by atoms with E-state index in [9.17, 15) is 19.1 Å². The quantitative estimate of drug-likeness (QED) is 0.822. The Bertz CT molecular complexity index is 603. The number of amides is 1. The van der Waals surface area contributed by atoms with Crippen molar-refractivity contribution in [2.24, 2.45) is 5.92 Å². The van der Waals surface area contributed by atoms with E-state index in [1.165, 1.54) is 12.1 Å². The maximum atomic E-state index is 13.2. The summed E-state index contributed by atoms with van der Waals surface area (Å²) in [5.74, 6) is -1.87. The third kappa shape index (κ3) is 4.92. The van der Waals surface area contributed by atoms with Gasteiger partial charge in [0.05, 0.1) is 5.02 Å². The van der Waals surface area contributed by atoms with E-state index in [2.05, 4.69) is 17.1 Å². The Morgan fingerprint density at radius 3 is 2.62 bits per heavy atom. The SMILES string of the molecule is CCN1CCC(CC(=O)NC(C(=O)O)c2ccc(F)c(Cl)c2)CC1. The van der Waals surface area contributed by atoms with E-state index in [1.807, 2.05) is 0 Å². The largest absolute Gasteiger partial charge is 0.479 e. The number of rotatable bonds is 6. The number of piperidine rings is 1. The molecule has 24 heavy (non-hydrogen) atoms. The molecule has 132 valence electrons. The first-order valence-electron chi connectivity index (χ1n) is 8.10. The van der Waals surface area contributed by atoms with Crippen LogP contribution in [-0.4, -0.2) is 41.5 Å². The van der Waals surface area contributed by atoms with Crippen LogP contribution in [0.1, 0.15) is 37.8 Å². The molecule has 1 aliphatic rings. The van der Waals surface area contributed by atoms with Crippen molar-refractivity contribution in [2.45, 2.75) is 32.2 Å². The molecule has 1 unspecified atom stereocenters. The number of hydrogen-bond donors (Lipinski definition) is 2. The fourth-order valence-corrected chi connectivity index (χ4v) is 3.16. The molecule has 1 aromatic rings. The number of benzene rings is 1. The number of carboxylic acid groups (broad SMARTS) is 1. The molecule has 0 radical (unpaired) electrons. The van der Waals surface area contributed by atoms with Crippen molar-refractivity contribution >= 4 is 23.5 Å². The summed E-state index contributed by atoms with van der Waals surface area (Å²) in [6.07, 6.45) is 2.17. The highest BCUT2D eigenvalue weighted by Crippen LogP contribution is 2.23. The van der Waals surface area contributed by atoms with Gasteiger partial charge in [-0.05, 0) is 56.1 Å². The third-order valence-corrected chi connectivity index (χ3v) is 4.75. The van der Waals surface area contributed by atoms with Crippen molar-refractivity contribution < 1.29 is 19.1 Å². The van der Waals surface area contributed by atoms with E-state index in [-0.39, 0.29) is 22.4 Å². The smallest absolute Gasteiger partial charge is 0.330 e. The maximum Gasteiger partial charge on any atom is 0.330 e. The Labute approximate surface area is 145 Å². The highest BCUT2D eigenvalue weighted by Gasteiger charge is 2.26. The van der Waals surface area contributed by atoms with Crippen LogP contribution in [0, 0.1) is 11.7 Å². The highest BCUT2D eigenvalue weighted by molar-refractivity contribution is 6.30. The molecule has 2 N–H and O–H groups in total. The summed E-state index contributed by atoms with van der Waals surface area (Å²) in [6, 6.07) is 2.42. The number of carbonyl (C=O) groups is 2. The molecule has 1 fully saturated rings. The fraction of sp³-hybridized carbons (Fsp3) is 0.529. The number of carbonyl (C=O) groups excluding carboxylic acids is 1. The van der Waals surface area contributed by atoms with Gasteiger partial charge < -0.3 is 15.3 Å². The lowest BCUT2D eigenvalue weighted by Crippen LogP contribution is -2.38. The van der Waals surface area contributed by atoms with Gasteiger partial charge in [0, 0.05) is 6.42 Å². The lowest BCUT2D eigenvalue weighted by atomic mass is 9.93. The summed E-state index contributed by atoms with van der Waals surface area (Å²) < 4.78 is 13.2. The molecule has 0 aliphatic carbocycles.